The molecule has 3 aliphatic rings. The SMILES string of the molecule is C=C1CC[C@@H]2O[C@]2(C)CC[C@@H]2[C@@H]1CC2(C)CO. The number of rotatable bonds is 1. The van der Waals surface area contributed by atoms with E-state index in [1.54, 1.807) is 0 Å². The Bertz CT molecular complexity index is 351. The van der Waals surface area contributed by atoms with Crippen LogP contribution in [0.2, 0.25) is 0 Å². The van der Waals surface area contributed by atoms with Crippen LogP contribution in [0.3, 0.4) is 0 Å². The van der Waals surface area contributed by atoms with Gasteiger partial charge in [0.05, 0.1) is 11.7 Å². The zero-order valence-corrected chi connectivity index (χ0v) is 11.0. The van der Waals surface area contributed by atoms with Gasteiger partial charge in [0.15, 0.2) is 0 Å². The summed E-state index contributed by atoms with van der Waals surface area (Å²) < 4.78 is 5.84. The van der Waals surface area contributed by atoms with Gasteiger partial charge in [-0.1, -0.05) is 19.1 Å². The molecular weight excluding hydrogens is 212 g/mol. The maximum absolute atomic E-state index is 9.58. The number of aliphatic hydroxyl groups excluding tert-OH is 1. The van der Waals surface area contributed by atoms with Gasteiger partial charge in [0.2, 0.25) is 0 Å². The first kappa shape index (κ1) is 11.7. The molecule has 0 aromatic heterocycles. The van der Waals surface area contributed by atoms with E-state index in [0.29, 0.717) is 24.5 Å². The van der Waals surface area contributed by atoms with Crippen molar-refractivity contribution in [2.24, 2.45) is 17.3 Å². The van der Waals surface area contributed by atoms with Gasteiger partial charge in [0, 0.05) is 6.61 Å². The van der Waals surface area contributed by atoms with E-state index in [-0.39, 0.29) is 11.0 Å². The number of epoxide rings is 1. The molecule has 3 rings (SSSR count). The summed E-state index contributed by atoms with van der Waals surface area (Å²) >= 11 is 0. The van der Waals surface area contributed by atoms with Crippen LogP contribution in [0.15, 0.2) is 12.2 Å². The van der Waals surface area contributed by atoms with Crippen molar-refractivity contribution in [2.45, 2.75) is 57.7 Å². The predicted octanol–water partition coefficient (Wildman–Crippen LogP) is 2.91. The summed E-state index contributed by atoms with van der Waals surface area (Å²) in [6.45, 7) is 9.08. The average molecular weight is 236 g/mol. The van der Waals surface area contributed by atoms with Crippen molar-refractivity contribution in [3.63, 3.8) is 0 Å². The molecular formula is C15H24O2. The minimum Gasteiger partial charge on any atom is -0.396 e. The van der Waals surface area contributed by atoms with E-state index in [1.807, 2.05) is 0 Å². The van der Waals surface area contributed by atoms with Gasteiger partial charge in [-0.2, -0.15) is 0 Å². The molecule has 1 unspecified atom stereocenters. The van der Waals surface area contributed by atoms with Gasteiger partial charge < -0.3 is 9.84 Å². The van der Waals surface area contributed by atoms with Crippen LogP contribution in [-0.4, -0.2) is 23.4 Å². The van der Waals surface area contributed by atoms with E-state index >= 15 is 0 Å². The van der Waals surface area contributed by atoms with Crippen LogP contribution in [0.4, 0.5) is 0 Å². The van der Waals surface area contributed by atoms with Crippen LogP contribution in [0.25, 0.3) is 0 Å². The highest BCUT2D eigenvalue weighted by atomic mass is 16.6. The third-order valence-corrected chi connectivity index (χ3v) is 5.67. The summed E-state index contributed by atoms with van der Waals surface area (Å²) in [7, 11) is 0. The summed E-state index contributed by atoms with van der Waals surface area (Å²) in [4.78, 5) is 0. The minimum atomic E-state index is 0.138. The molecule has 0 aromatic rings. The van der Waals surface area contributed by atoms with Crippen molar-refractivity contribution in [1.82, 2.24) is 0 Å². The average Bonchev–Trinajstić information content (AvgIpc) is 2.92. The van der Waals surface area contributed by atoms with E-state index in [2.05, 4.69) is 20.4 Å². The monoisotopic (exact) mass is 236 g/mol. The Morgan fingerprint density at radius 2 is 2.18 bits per heavy atom. The molecule has 96 valence electrons. The predicted molar refractivity (Wildman–Crippen MR) is 67.7 cm³/mol. The molecule has 5 atom stereocenters. The van der Waals surface area contributed by atoms with Crippen molar-refractivity contribution >= 4 is 0 Å². The Balaban J connectivity index is 1.77. The van der Waals surface area contributed by atoms with Crippen LogP contribution in [0, 0.1) is 17.3 Å². The number of aliphatic hydroxyl groups is 1. The Kier molecular flexibility index (Phi) is 2.47. The van der Waals surface area contributed by atoms with Gasteiger partial charge >= 0.3 is 0 Å². The fourth-order valence-corrected chi connectivity index (χ4v) is 4.10. The standard InChI is InChI=1S/C15H24O2/c1-10-4-5-13-15(3,17-13)7-6-12-11(10)8-14(12,2)9-16/h11-13,16H,1,4-9H2,2-3H3/t11-,12-,13+,14?,15-/m1/s1. The molecule has 2 heteroatoms. The van der Waals surface area contributed by atoms with Crippen molar-refractivity contribution in [1.29, 1.82) is 0 Å². The third-order valence-electron chi connectivity index (χ3n) is 5.67. The van der Waals surface area contributed by atoms with Crippen molar-refractivity contribution < 1.29 is 9.84 Å². The Hall–Kier alpha value is -0.340. The molecule has 17 heavy (non-hydrogen) atoms. The molecule has 0 bridgehead atoms. The summed E-state index contributed by atoms with van der Waals surface area (Å²) in [5.74, 6) is 1.29. The second-order valence-corrected chi connectivity index (χ2v) is 6.88. The lowest BCUT2D eigenvalue weighted by molar-refractivity contribution is -0.0602. The third kappa shape index (κ3) is 1.68. The second-order valence-electron chi connectivity index (χ2n) is 6.88. The fourth-order valence-electron chi connectivity index (χ4n) is 4.10. The maximum Gasteiger partial charge on any atom is 0.0920 e. The van der Waals surface area contributed by atoms with Gasteiger partial charge in [-0.3, -0.25) is 0 Å². The van der Waals surface area contributed by atoms with Crippen molar-refractivity contribution in [3.8, 4) is 0 Å². The molecule has 1 N–H and O–H groups in total. The highest BCUT2D eigenvalue weighted by Crippen LogP contribution is 2.59. The smallest absolute Gasteiger partial charge is 0.0920 e. The molecule has 2 aliphatic carbocycles. The molecule has 3 fully saturated rings. The molecule has 2 nitrogen and oxygen atoms in total. The first-order valence-corrected chi connectivity index (χ1v) is 6.95. The Labute approximate surface area is 104 Å². The van der Waals surface area contributed by atoms with Gasteiger partial charge in [-0.25, -0.2) is 0 Å². The number of allylic oxidation sites excluding steroid dienone is 1. The first-order chi connectivity index (χ1) is 7.98. The largest absolute Gasteiger partial charge is 0.396 e. The number of ether oxygens (including phenoxy) is 1. The molecule has 0 radical (unpaired) electrons. The topological polar surface area (TPSA) is 32.8 Å². The van der Waals surface area contributed by atoms with Crippen molar-refractivity contribution in [2.75, 3.05) is 6.61 Å². The van der Waals surface area contributed by atoms with E-state index < -0.39 is 0 Å². The molecule has 2 saturated carbocycles. The van der Waals surface area contributed by atoms with Crippen molar-refractivity contribution in [3.05, 3.63) is 12.2 Å². The maximum atomic E-state index is 9.58. The van der Waals surface area contributed by atoms with Gasteiger partial charge in [-0.15, -0.1) is 0 Å². The van der Waals surface area contributed by atoms with E-state index in [0.717, 1.165) is 25.7 Å². The zero-order chi connectivity index (χ0) is 12.3. The van der Waals surface area contributed by atoms with Gasteiger partial charge in [0.1, 0.15) is 0 Å². The number of hydrogen-bond donors (Lipinski definition) is 1. The highest BCUT2D eigenvalue weighted by Gasteiger charge is 2.56. The lowest BCUT2D eigenvalue weighted by Crippen LogP contribution is -2.49. The molecule has 1 aliphatic heterocycles. The molecule has 0 amide bonds. The van der Waals surface area contributed by atoms with Crippen LogP contribution in [0.5, 0.6) is 0 Å². The van der Waals surface area contributed by atoms with Gasteiger partial charge in [0.25, 0.3) is 0 Å². The quantitative estimate of drug-likeness (QED) is 0.561. The molecule has 1 heterocycles. The number of fused-ring (bicyclic) bond motifs is 2. The minimum absolute atomic E-state index is 0.138. The van der Waals surface area contributed by atoms with E-state index in [9.17, 15) is 5.11 Å². The molecule has 0 spiro atoms. The van der Waals surface area contributed by atoms with Crippen LogP contribution in [0.1, 0.15) is 46.0 Å². The number of hydrogen-bond acceptors (Lipinski definition) is 2. The summed E-state index contributed by atoms with van der Waals surface area (Å²) in [5.41, 5.74) is 1.68. The molecule has 1 saturated heterocycles. The zero-order valence-electron chi connectivity index (χ0n) is 11.0. The lowest BCUT2D eigenvalue weighted by atomic mass is 9.51. The van der Waals surface area contributed by atoms with Crippen LogP contribution >= 0.6 is 0 Å². The highest BCUT2D eigenvalue weighted by molar-refractivity contribution is 5.17. The second kappa shape index (κ2) is 3.58. The Morgan fingerprint density at radius 1 is 1.41 bits per heavy atom. The summed E-state index contributed by atoms with van der Waals surface area (Å²) in [6, 6.07) is 0. The summed E-state index contributed by atoms with van der Waals surface area (Å²) in [5, 5.41) is 9.58. The van der Waals surface area contributed by atoms with Crippen LogP contribution in [-0.2, 0) is 4.74 Å². The normalized spacial score (nSPS) is 53.6. The van der Waals surface area contributed by atoms with Gasteiger partial charge in [-0.05, 0) is 56.3 Å². The molecule has 0 aromatic carbocycles. The lowest BCUT2D eigenvalue weighted by Gasteiger charge is -2.54. The van der Waals surface area contributed by atoms with E-state index in [1.165, 1.54) is 12.0 Å². The fraction of sp³-hybridized carbons (Fsp3) is 0.867. The first-order valence-electron chi connectivity index (χ1n) is 6.95. The van der Waals surface area contributed by atoms with E-state index in [4.69, 9.17) is 4.74 Å². The van der Waals surface area contributed by atoms with Crippen LogP contribution < -0.4 is 0 Å². The Morgan fingerprint density at radius 3 is 2.88 bits per heavy atom. The summed E-state index contributed by atoms with van der Waals surface area (Å²) in [6.07, 6.45) is 6.21.